The summed E-state index contributed by atoms with van der Waals surface area (Å²) < 4.78 is 5.17. The molecule has 0 radical (unpaired) electrons. The molecule has 1 aromatic rings. The van der Waals surface area contributed by atoms with Crippen molar-refractivity contribution in [3.8, 4) is 0 Å². The van der Waals surface area contributed by atoms with Gasteiger partial charge in [-0.1, -0.05) is 5.21 Å². The fourth-order valence-electron chi connectivity index (χ4n) is 1.88. The Labute approximate surface area is 130 Å². The maximum absolute atomic E-state index is 11.5. The lowest BCUT2D eigenvalue weighted by molar-refractivity contribution is 0.0527. The zero-order chi connectivity index (χ0) is 16.4. The Bertz CT molecular complexity index is 417. The van der Waals surface area contributed by atoms with Gasteiger partial charge in [-0.2, -0.15) is 5.21 Å². The van der Waals surface area contributed by atoms with Gasteiger partial charge in [-0.3, -0.25) is 0 Å². The second kappa shape index (κ2) is 9.31. The van der Waals surface area contributed by atoms with Gasteiger partial charge in [-0.25, -0.2) is 4.79 Å². The van der Waals surface area contributed by atoms with Crippen LogP contribution < -0.4 is 16.4 Å². The number of carbonyl (C=O) groups excluding carboxylic acids is 1. The third-order valence-corrected chi connectivity index (χ3v) is 2.80. The van der Waals surface area contributed by atoms with E-state index in [9.17, 15) is 4.79 Å². The molecular weight excluding hydrogens is 286 g/mol. The number of aromatic amines is 1. The van der Waals surface area contributed by atoms with E-state index in [0.29, 0.717) is 25.5 Å². The second-order valence-electron chi connectivity index (χ2n) is 5.99. The first-order valence-corrected chi connectivity index (χ1v) is 7.56. The molecule has 0 fully saturated rings. The normalized spacial score (nSPS) is 12.9. The van der Waals surface area contributed by atoms with Gasteiger partial charge in [0, 0.05) is 19.6 Å². The number of ether oxygens (including phenoxy) is 1. The van der Waals surface area contributed by atoms with Gasteiger partial charge in [0.2, 0.25) is 0 Å². The molecule has 0 saturated heterocycles. The van der Waals surface area contributed by atoms with Gasteiger partial charge in [-0.15, -0.1) is 10.2 Å². The first-order chi connectivity index (χ1) is 10.4. The monoisotopic (exact) mass is 313 g/mol. The summed E-state index contributed by atoms with van der Waals surface area (Å²) in [6, 6.07) is 0.0174. The van der Waals surface area contributed by atoms with Gasteiger partial charge in [0.1, 0.15) is 5.60 Å². The number of nitrogens with one attached hydrogen (secondary N) is 3. The molecule has 9 heteroatoms. The van der Waals surface area contributed by atoms with Crippen molar-refractivity contribution in [3.63, 3.8) is 0 Å². The van der Waals surface area contributed by atoms with E-state index in [-0.39, 0.29) is 12.1 Å². The van der Waals surface area contributed by atoms with Crippen molar-refractivity contribution in [1.29, 1.82) is 0 Å². The molecule has 0 aliphatic carbocycles. The average Bonchev–Trinajstić information content (AvgIpc) is 2.93. The minimum absolute atomic E-state index is 0.0174. The highest BCUT2D eigenvalue weighted by molar-refractivity contribution is 5.67. The molecule has 0 aliphatic heterocycles. The molecule has 22 heavy (non-hydrogen) atoms. The predicted octanol–water partition coefficient (Wildman–Crippen LogP) is 0.484. The average molecular weight is 313 g/mol. The van der Waals surface area contributed by atoms with Crippen LogP contribution in [0.1, 0.15) is 51.9 Å². The van der Waals surface area contributed by atoms with Crippen molar-refractivity contribution in [3.05, 3.63) is 5.82 Å². The maximum atomic E-state index is 11.5. The molecule has 0 bridgehead atoms. The SMILES string of the molecule is CC(C)(C)OC(=O)NCCCC[C@H](NCCN)c1nn[nH]n1. The largest absolute Gasteiger partial charge is 0.444 e. The van der Waals surface area contributed by atoms with Crippen LogP contribution in [0, 0.1) is 0 Å². The van der Waals surface area contributed by atoms with E-state index in [1.807, 2.05) is 20.8 Å². The van der Waals surface area contributed by atoms with Crippen LogP contribution >= 0.6 is 0 Å². The molecule has 1 aromatic heterocycles. The van der Waals surface area contributed by atoms with Crippen molar-refractivity contribution in [2.24, 2.45) is 5.73 Å². The molecule has 1 rings (SSSR count). The number of tetrazole rings is 1. The van der Waals surface area contributed by atoms with Crippen LogP contribution in [-0.4, -0.2) is 52.0 Å². The smallest absolute Gasteiger partial charge is 0.407 e. The summed E-state index contributed by atoms with van der Waals surface area (Å²) in [5, 5.41) is 20.0. The fraction of sp³-hybridized carbons (Fsp3) is 0.846. The van der Waals surface area contributed by atoms with Crippen molar-refractivity contribution in [2.45, 2.75) is 51.7 Å². The van der Waals surface area contributed by atoms with Crippen molar-refractivity contribution in [1.82, 2.24) is 31.3 Å². The maximum Gasteiger partial charge on any atom is 0.407 e. The topological polar surface area (TPSA) is 131 Å². The third-order valence-electron chi connectivity index (χ3n) is 2.80. The summed E-state index contributed by atoms with van der Waals surface area (Å²) in [5.41, 5.74) is 5.03. The number of carbonyl (C=O) groups is 1. The number of unbranched alkanes of at least 4 members (excludes halogenated alkanes) is 1. The van der Waals surface area contributed by atoms with Gasteiger partial charge in [0.25, 0.3) is 0 Å². The van der Waals surface area contributed by atoms with Crippen LogP contribution in [0.4, 0.5) is 4.79 Å². The Balaban J connectivity index is 2.22. The van der Waals surface area contributed by atoms with Gasteiger partial charge in [0.15, 0.2) is 5.82 Å². The first-order valence-electron chi connectivity index (χ1n) is 7.56. The molecule has 1 atom stereocenters. The summed E-state index contributed by atoms with van der Waals surface area (Å²) in [6.45, 7) is 7.33. The number of H-pyrrole nitrogens is 1. The lowest BCUT2D eigenvalue weighted by atomic mass is 10.1. The molecule has 0 aromatic carbocycles. The highest BCUT2D eigenvalue weighted by Gasteiger charge is 2.16. The molecule has 0 spiro atoms. The van der Waals surface area contributed by atoms with E-state index >= 15 is 0 Å². The van der Waals surface area contributed by atoms with Crippen molar-refractivity contribution in [2.75, 3.05) is 19.6 Å². The molecule has 9 nitrogen and oxygen atoms in total. The van der Waals surface area contributed by atoms with Crippen LogP contribution in [0.5, 0.6) is 0 Å². The van der Waals surface area contributed by atoms with E-state index in [0.717, 1.165) is 19.3 Å². The third kappa shape index (κ3) is 7.89. The van der Waals surface area contributed by atoms with Gasteiger partial charge >= 0.3 is 6.09 Å². The number of amides is 1. The molecule has 1 amide bonds. The van der Waals surface area contributed by atoms with Crippen LogP contribution in [0.2, 0.25) is 0 Å². The minimum Gasteiger partial charge on any atom is -0.444 e. The Morgan fingerprint density at radius 1 is 1.36 bits per heavy atom. The van der Waals surface area contributed by atoms with E-state index in [2.05, 4.69) is 31.3 Å². The summed E-state index contributed by atoms with van der Waals surface area (Å²) >= 11 is 0. The molecule has 0 aliphatic rings. The van der Waals surface area contributed by atoms with Crippen LogP contribution in [0.15, 0.2) is 0 Å². The lowest BCUT2D eigenvalue weighted by Gasteiger charge is -2.19. The molecule has 5 N–H and O–H groups in total. The van der Waals surface area contributed by atoms with Crippen LogP contribution in [0.3, 0.4) is 0 Å². The van der Waals surface area contributed by atoms with Gasteiger partial charge < -0.3 is 21.1 Å². The lowest BCUT2D eigenvalue weighted by Crippen LogP contribution is -2.33. The molecule has 1 heterocycles. The minimum atomic E-state index is -0.472. The Morgan fingerprint density at radius 2 is 2.14 bits per heavy atom. The number of rotatable bonds is 9. The summed E-state index contributed by atoms with van der Waals surface area (Å²) in [5.74, 6) is 0.633. The number of alkyl carbamates (subject to hydrolysis) is 1. The zero-order valence-corrected chi connectivity index (χ0v) is 13.6. The number of nitrogens with two attached hydrogens (primary N) is 1. The number of hydrogen-bond acceptors (Lipinski definition) is 7. The first kappa shape index (κ1) is 18.3. The Kier molecular flexibility index (Phi) is 7.75. The summed E-state index contributed by atoms with van der Waals surface area (Å²) in [7, 11) is 0. The van der Waals surface area contributed by atoms with E-state index in [1.165, 1.54) is 0 Å². The Hall–Kier alpha value is -1.74. The quantitative estimate of drug-likeness (QED) is 0.488. The van der Waals surface area contributed by atoms with Crippen LogP contribution in [-0.2, 0) is 4.74 Å². The number of aromatic nitrogens is 4. The Morgan fingerprint density at radius 3 is 2.73 bits per heavy atom. The van der Waals surface area contributed by atoms with E-state index < -0.39 is 5.60 Å². The highest BCUT2D eigenvalue weighted by atomic mass is 16.6. The predicted molar refractivity (Wildman–Crippen MR) is 82.1 cm³/mol. The van der Waals surface area contributed by atoms with Gasteiger partial charge in [-0.05, 0) is 40.0 Å². The molecule has 0 saturated carbocycles. The second-order valence-corrected chi connectivity index (χ2v) is 5.99. The van der Waals surface area contributed by atoms with Crippen molar-refractivity contribution < 1.29 is 9.53 Å². The molecule has 0 unspecified atom stereocenters. The van der Waals surface area contributed by atoms with Gasteiger partial charge in [0.05, 0.1) is 6.04 Å². The summed E-state index contributed by atoms with van der Waals surface area (Å²) in [4.78, 5) is 11.5. The zero-order valence-electron chi connectivity index (χ0n) is 13.6. The molecular formula is C13H27N7O2. The standard InChI is InChI=1S/C13H27N7O2/c1-13(2,3)22-12(21)16-8-5-4-6-10(15-9-7-14)11-17-19-20-18-11/h10,15H,4-9,14H2,1-3H3,(H,16,21)(H,17,18,19,20)/t10-/m0/s1. The fourth-order valence-corrected chi connectivity index (χ4v) is 1.88. The number of nitrogens with zero attached hydrogens (tertiary/aromatic N) is 3. The van der Waals surface area contributed by atoms with E-state index in [4.69, 9.17) is 10.5 Å². The van der Waals surface area contributed by atoms with Crippen LogP contribution in [0.25, 0.3) is 0 Å². The highest BCUT2D eigenvalue weighted by Crippen LogP contribution is 2.14. The summed E-state index contributed by atoms with van der Waals surface area (Å²) in [6.07, 6.45) is 2.21. The van der Waals surface area contributed by atoms with Crippen molar-refractivity contribution >= 4 is 6.09 Å². The number of hydrogen-bond donors (Lipinski definition) is 4. The van der Waals surface area contributed by atoms with E-state index in [1.54, 1.807) is 0 Å². The molecule has 126 valence electrons.